The SMILES string of the molecule is O=c1[nH]c(O)c(/C=c2\cnn3c(=NC4CC4)ccnc23)[nH]1. The zero-order valence-electron chi connectivity index (χ0n) is 10.9. The molecule has 0 amide bonds. The van der Waals surface area contributed by atoms with E-state index < -0.39 is 5.69 Å². The number of H-pyrrole nitrogens is 2. The van der Waals surface area contributed by atoms with Crippen molar-refractivity contribution < 1.29 is 5.11 Å². The van der Waals surface area contributed by atoms with Gasteiger partial charge in [-0.15, -0.1) is 0 Å². The number of hydrogen-bond donors (Lipinski definition) is 3. The molecule has 4 rings (SSSR count). The lowest BCUT2D eigenvalue weighted by atomic mass is 10.3. The number of rotatable bonds is 2. The van der Waals surface area contributed by atoms with Crippen LogP contribution >= 0.6 is 0 Å². The second-order valence-electron chi connectivity index (χ2n) is 4.98. The van der Waals surface area contributed by atoms with Gasteiger partial charge in [-0.3, -0.25) is 9.98 Å². The highest BCUT2D eigenvalue weighted by Gasteiger charge is 2.19. The van der Waals surface area contributed by atoms with Gasteiger partial charge in [0, 0.05) is 17.5 Å². The van der Waals surface area contributed by atoms with Gasteiger partial charge < -0.3 is 10.1 Å². The molecule has 0 atom stereocenters. The first-order valence-corrected chi connectivity index (χ1v) is 6.60. The summed E-state index contributed by atoms with van der Waals surface area (Å²) in [6.45, 7) is 0. The highest BCUT2D eigenvalue weighted by Crippen LogP contribution is 2.22. The summed E-state index contributed by atoms with van der Waals surface area (Å²) in [4.78, 5) is 24.8. The summed E-state index contributed by atoms with van der Waals surface area (Å²) in [6, 6.07) is 2.20. The van der Waals surface area contributed by atoms with Crippen LogP contribution in [0.15, 0.2) is 28.2 Å². The van der Waals surface area contributed by atoms with Gasteiger partial charge in [-0.05, 0) is 18.9 Å². The number of aromatic amines is 2. The molecule has 0 bridgehead atoms. The third-order valence-corrected chi connectivity index (χ3v) is 3.31. The molecule has 21 heavy (non-hydrogen) atoms. The fourth-order valence-corrected chi connectivity index (χ4v) is 2.13. The van der Waals surface area contributed by atoms with Crippen LogP contribution in [0.1, 0.15) is 18.5 Å². The number of hydrogen-bond acceptors (Lipinski definition) is 5. The lowest BCUT2D eigenvalue weighted by Gasteiger charge is -1.93. The highest BCUT2D eigenvalue weighted by atomic mass is 16.3. The van der Waals surface area contributed by atoms with E-state index in [0.717, 1.165) is 18.3 Å². The quantitative estimate of drug-likeness (QED) is 0.564. The van der Waals surface area contributed by atoms with Crippen LogP contribution in [-0.2, 0) is 0 Å². The van der Waals surface area contributed by atoms with E-state index in [1.165, 1.54) is 0 Å². The molecule has 0 unspecified atom stereocenters. The van der Waals surface area contributed by atoms with Crippen LogP contribution in [0.4, 0.5) is 0 Å². The van der Waals surface area contributed by atoms with Crippen molar-refractivity contribution in [3.05, 3.63) is 45.3 Å². The van der Waals surface area contributed by atoms with Gasteiger partial charge in [-0.1, -0.05) is 0 Å². The average molecular weight is 284 g/mol. The third kappa shape index (κ3) is 2.10. The fraction of sp³-hybridized carbons (Fsp3) is 0.231. The minimum absolute atomic E-state index is 0.210. The molecule has 1 aliphatic carbocycles. The predicted molar refractivity (Wildman–Crippen MR) is 73.4 cm³/mol. The van der Waals surface area contributed by atoms with Gasteiger partial charge in [0.2, 0.25) is 5.88 Å². The number of imidazole rings is 1. The Hall–Kier alpha value is -2.90. The zero-order chi connectivity index (χ0) is 14.4. The minimum Gasteiger partial charge on any atom is -0.493 e. The lowest BCUT2D eigenvalue weighted by molar-refractivity contribution is 0.454. The molecule has 3 N–H and O–H groups in total. The highest BCUT2D eigenvalue weighted by molar-refractivity contribution is 5.56. The molecule has 8 nitrogen and oxygen atoms in total. The Kier molecular flexibility index (Phi) is 2.44. The van der Waals surface area contributed by atoms with Gasteiger partial charge in [-0.25, -0.2) is 9.78 Å². The number of aromatic hydroxyl groups is 1. The third-order valence-electron chi connectivity index (χ3n) is 3.31. The van der Waals surface area contributed by atoms with E-state index in [0.29, 0.717) is 22.6 Å². The standard InChI is InChI=1S/C13H12N6O2/c20-12-9(17-13(21)18-12)5-7-6-15-19-10(16-8-1-2-8)3-4-14-11(7)19/h3-6,8,20H,1-2H2,(H2,17,18,21)/b7-5+,16-10?. The molecule has 0 spiro atoms. The Balaban J connectivity index is 1.95. The van der Waals surface area contributed by atoms with Crippen molar-refractivity contribution in [1.82, 2.24) is 24.6 Å². The fourth-order valence-electron chi connectivity index (χ4n) is 2.13. The Morgan fingerprint density at radius 3 is 3.00 bits per heavy atom. The van der Waals surface area contributed by atoms with E-state index in [4.69, 9.17) is 0 Å². The van der Waals surface area contributed by atoms with Crippen molar-refractivity contribution in [3.63, 3.8) is 0 Å². The molecule has 3 heterocycles. The molecule has 0 saturated heterocycles. The normalized spacial score (nSPS) is 17.0. The molecule has 1 aliphatic rings. The largest absolute Gasteiger partial charge is 0.493 e. The van der Waals surface area contributed by atoms with Gasteiger partial charge in [0.25, 0.3) is 0 Å². The van der Waals surface area contributed by atoms with E-state index in [9.17, 15) is 9.90 Å². The topological polar surface area (TPSA) is 111 Å². The molecule has 8 heteroatoms. The van der Waals surface area contributed by atoms with Crippen molar-refractivity contribution in [2.45, 2.75) is 18.9 Å². The minimum atomic E-state index is -0.465. The maximum atomic E-state index is 11.1. The van der Waals surface area contributed by atoms with Gasteiger partial charge in [0.1, 0.15) is 5.69 Å². The van der Waals surface area contributed by atoms with E-state index in [2.05, 4.69) is 25.0 Å². The van der Waals surface area contributed by atoms with Crippen molar-refractivity contribution in [1.29, 1.82) is 0 Å². The summed E-state index contributed by atoms with van der Waals surface area (Å²) in [5.74, 6) is -0.210. The van der Waals surface area contributed by atoms with Crippen molar-refractivity contribution in [2.24, 2.45) is 4.99 Å². The first kappa shape index (κ1) is 11.9. The molecular formula is C13H12N6O2. The molecule has 106 valence electrons. The average Bonchev–Trinajstić information content (AvgIpc) is 3.09. The second kappa shape index (κ2) is 4.30. The number of fused-ring (bicyclic) bond motifs is 1. The van der Waals surface area contributed by atoms with E-state index in [-0.39, 0.29) is 5.88 Å². The van der Waals surface area contributed by atoms with Gasteiger partial charge in [0.05, 0.1) is 12.2 Å². The monoisotopic (exact) mass is 284 g/mol. The molecule has 0 aliphatic heterocycles. The molecular weight excluding hydrogens is 272 g/mol. The molecule has 0 aromatic carbocycles. The van der Waals surface area contributed by atoms with Crippen molar-refractivity contribution in [2.75, 3.05) is 0 Å². The Morgan fingerprint density at radius 1 is 1.43 bits per heavy atom. The summed E-state index contributed by atoms with van der Waals surface area (Å²) in [6.07, 6.45) is 7.14. The first-order chi connectivity index (χ1) is 10.2. The number of nitrogens with zero attached hydrogens (tertiary/aromatic N) is 4. The summed E-state index contributed by atoms with van der Waals surface area (Å²) in [7, 11) is 0. The van der Waals surface area contributed by atoms with E-state index in [1.807, 2.05) is 6.07 Å². The molecule has 1 saturated carbocycles. The Labute approximate surface area is 117 Å². The van der Waals surface area contributed by atoms with Crippen LogP contribution in [0.2, 0.25) is 0 Å². The second-order valence-corrected chi connectivity index (χ2v) is 4.98. The summed E-state index contributed by atoms with van der Waals surface area (Å²) < 4.78 is 1.66. The predicted octanol–water partition coefficient (Wildman–Crippen LogP) is -0.938. The Bertz CT molecular complexity index is 992. The lowest BCUT2D eigenvalue weighted by Crippen LogP contribution is -2.17. The first-order valence-electron chi connectivity index (χ1n) is 6.60. The molecule has 3 aromatic rings. The molecule has 1 fully saturated rings. The summed E-state index contributed by atoms with van der Waals surface area (Å²) >= 11 is 0. The zero-order valence-corrected chi connectivity index (χ0v) is 10.9. The van der Waals surface area contributed by atoms with Gasteiger partial charge in [0.15, 0.2) is 11.1 Å². The Morgan fingerprint density at radius 2 is 2.29 bits per heavy atom. The summed E-state index contributed by atoms with van der Waals surface area (Å²) in [5, 5.41) is 14.6. The van der Waals surface area contributed by atoms with Crippen molar-refractivity contribution >= 4 is 11.7 Å². The number of aromatic nitrogens is 5. The smallest absolute Gasteiger partial charge is 0.326 e. The summed E-state index contributed by atoms with van der Waals surface area (Å²) in [5.41, 5.74) is 1.21. The van der Waals surface area contributed by atoms with Crippen LogP contribution in [-0.4, -0.2) is 35.7 Å². The van der Waals surface area contributed by atoms with E-state index in [1.54, 1.807) is 23.0 Å². The van der Waals surface area contributed by atoms with Crippen LogP contribution in [0.5, 0.6) is 5.88 Å². The van der Waals surface area contributed by atoms with Gasteiger partial charge >= 0.3 is 5.69 Å². The van der Waals surface area contributed by atoms with Crippen LogP contribution in [0.25, 0.3) is 11.7 Å². The van der Waals surface area contributed by atoms with E-state index >= 15 is 0 Å². The van der Waals surface area contributed by atoms with Crippen LogP contribution in [0.3, 0.4) is 0 Å². The molecule has 0 radical (unpaired) electrons. The van der Waals surface area contributed by atoms with Gasteiger partial charge in [-0.2, -0.15) is 9.61 Å². The number of nitrogens with one attached hydrogen (secondary N) is 2. The molecule has 3 aromatic heterocycles. The van der Waals surface area contributed by atoms with Crippen molar-refractivity contribution in [3.8, 4) is 5.88 Å². The maximum Gasteiger partial charge on any atom is 0.326 e. The van der Waals surface area contributed by atoms with Crippen LogP contribution in [0, 0.1) is 0 Å². The van der Waals surface area contributed by atoms with Crippen LogP contribution < -0.4 is 16.4 Å². The maximum absolute atomic E-state index is 11.1.